The third kappa shape index (κ3) is 1.53. The van der Waals surface area contributed by atoms with Gasteiger partial charge in [0.2, 0.25) is 0 Å². The van der Waals surface area contributed by atoms with Crippen molar-refractivity contribution in [3.8, 4) is 0 Å². The molecule has 1 saturated carbocycles. The second-order valence-electron chi connectivity index (χ2n) is 4.42. The summed E-state index contributed by atoms with van der Waals surface area (Å²) < 4.78 is 0. The van der Waals surface area contributed by atoms with E-state index in [1.165, 1.54) is 12.8 Å². The minimum atomic E-state index is -0.150. The molecule has 1 aliphatic heterocycles. The molecular formula is C10H17N3O. The summed E-state index contributed by atoms with van der Waals surface area (Å²) in [7, 11) is 0. The highest BCUT2D eigenvalue weighted by atomic mass is 16.2. The molecule has 14 heavy (non-hydrogen) atoms. The first-order valence-electron chi connectivity index (χ1n) is 5.43. The number of rotatable bonds is 1. The van der Waals surface area contributed by atoms with Gasteiger partial charge >= 0.3 is 6.03 Å². The van der Waals surface area contributed by atoms with E-state index in [-0.39, 0.29) is 18.1 Å². The predicted octanol–water partition coefficient (Wildman–Crippen LogP) is 2.59. The molecule has 0 aromatic heterocycles. The number of carbonyl (C=O) groups is 1. The van der Waals surface area contributed by atoms with Crippen LogP contribution >= 0.6 is 0 Å². The van der Waals surface area contributed by atoms with E-state index >= 15 is 0 Å². The summed E-state index contributed by atoms with van der Waals surface area (Å²) in [4.78, 5) is 13.5. The molecule has 0 N–H and O–H groups in total. The van der Waals surface area contributed by atoms with Crippen molar-refractivity contribution >= 4 is 6.03 Å². The molecule has 1 fully saturated rings. The van der Waals surface area contributed by atoms with E-state index in [1.54, 1.807) is 0 Å². The minimum absolute atomic E-state index is 0.150. The van der Waals surface area contributed by atoms with Crippen molar-refractivity contribution < 1.29 is 4.79 Å². The quantitative estimate of drug-likeness (QED) is 0.634. The van der Waals surface area contributed by atoms with Crippen LogP contribution in [-0.4, -0.2) is 29.1 Å². The van der Waals surface area contributed by atoms with Gasteiger partial charge in [-0.3, -0.25) is 0 Å². The lowest BCUT2D eigenvalue weighted by Crippen LogP contribution is -2.52. The Labute approximate surface area is 84.4 Å². The van der Waals surface area contributed by atoms with E-state index in [1.807, 2.05) is 18.7 Å². The van der Waals surface area contributed by atoms with Crippen LogP contribution in [0, 0.1) is 0 Å². The maximum absolute atomic E-state index is 11.6. The van der Waals surface area contributed by atoms with Gasteiger partial charge in [-0.1, -0.05) is 18.0 Å². The van der Waals surface area contributed by atoms with Crippen LogP contribution in [0.25, 0.3) is 0 Å². The zero-order valence-electron chi connectivity index (χ0n) is 8.81. The largest absolute Gasteiger partial charge is 0.362 e. The number of carbonyl (C=O) groups excluding carboxylic acids is 1. The normalized spacial score (nSPS) is 32.2. The van der Waals surface area contributed by atoms with Gasteiger partial charge in [-0.25, -0.2) is 4.79 Å². The van der Waals surface area contributed by atoms with Crippen LogP contribution in [0.4, 0.5) is 4.79 Å². The lowest BCUT2D eigenvalue weighted by Gasteiger charge is -2.41. The van der Waals surface area contributed by atoms with E-state index in [9.17, 15) is 4.79 Å². The number of fused-ring (bicyclic) bond motifs is 1. The maximum atomic E-state index is 11.6. The molecule has 4 heteroatoms. The zero-order chi connectivity index (χ0) is 10.1. The Morgan fingerprint density at radius 3 is 2.79 bits per heavy atom. The van der Waals surface area contributed by atoms with E-state index in [0.29, 0.717) is 6.04 Å². The lowest BCUT2D eigenvalue weighted by atomic mass is 9.89. The van der Waals surface area contributed by atoms with Crippen molar-refractivity contribution in [1.29, 1.82) is 0 Å². The Bertz CT molecular complexity index is 262. The third-order valence-corrected chi connectivity index (χ3v) is 3.12. The van der Waals surface area contributed by atoms with Crippen molar-refractivity contribution in [3.63, 3.8) is 0 Å². The molecule has 1 aliphatic carbocycles. The predicted molar refractivity (Wildman–Crippen MR) is 53.3 cm³/mol. The van der Waals surface area contributed by atoms with Gasteiger partial charge in [-0.2, -0.15) is 5.11 Å². The summed E-state index contributed by atoms with van der Waals surface area (Å²) in [5.74, 6) is 0. The Balaban J connectivity index is 2.22. The molecule has 0 saturated heterocycles. The third-order valence-electron chi connectivity index (χ3n) is 3.12. The first kappa shape index (κ1) is 9.62. The van der Waals surface area contributed by atoms with Gasteiger partial charge in [-0.15, -0.1) is 0 Å². The molecular weight excluding hydrogens is 178 g/mol. The van der Waals surface area contributed by atoms with Gasteiger partial charge in [0.15, 0.2) is 0 Å². The molecule has 0 spiro atoms. The molecule has 0 aromatic rings. The molecule has 2 unspecified atom stereocenters. The highest BCUT2D eigenvalue weighted by Crippen LogP contribution is 2.30. The molecule has 1 heterocycles. The highest BCUT2D eigenvalue weighted by Gasteiger charge is 2.37. The number of nitrogens with zero attached hydrogens (tertiary/aromatic N) is 3. The molecule has 2 rings (SSSR count). The van der Waals surface area contributed by atoms with Gasteiger partial charge in [0.25, 0.3) is 0 Å². The number of hydrogen-bond donors (Lipinski definition) is 0. The van der Waals surface area contributed by atoms with Crippen LogP contribution < -0.4 is 0 Å². The van der Waals surface area contributed by atoms with E-state index in [2.05, 4.69) is 10.2 Å². The van der Waals surface area contributed by atoms with Crippen molar-refractivity contribution in [2.24, 2.45) is 10.2 Å². The molecule has 78 valence electrons. The van der Waals surface area contributed by atoms with Crippen LogP contribution in [-0.2, 0) is 0 Å². The van der Waals surface area contributed by atoms with Crippen molar-refractivity contribution in [1.82, 2.24) is 4.90 Å². The van der Waals surface area contributed by atoms with Gasteiger partial charge in [-0.05, 0) is 26.7 Å². The minimum Gasteiger partial charge on any atom is -0.314 e. The van der Waals surface area contributed by atoms with E-state index in [4.69, 9.17) is 0 Å². The average molecular weight is 195 g/mol. The molecule has 2 aliphatic rings. The summed E-state index contributed by atoms with van der Waals surface area (Å²) in [6.07, 6.45) is 4.62. The molecule has 0 radical (unpaired) electrons. The summed E-state index contributed by atoms with van der Waals surface area (Å²) >= 11 is 0. The van der Waals surface area contributed by atoms with Crippen molar-refractivity contribution in [2.45, 2.75) is 57.7 Å². The van der Waals surface area contributed by atoms with Crippen LogP contribution in [0.5, 0.6) is 0 Å². The van der Waals surface area contributed by atoms with Crippen LogP contribution in [0.2, 0.25) is 0 Å². The Hall–Kier alpha value is -0.930. The van der Waals surface area contributed by atoms with Gasteiger partial charge in [0.1, 0.15) is 0 Å². The van der Waals surface area contributed by atoms with Crippen molar-refractivity contribution in [3.05, 3.63) is 0 Å². The van der Waals surface area contributed by atoms with E-state index < -0.39 is 0 Å². The summed E-state index contributed by atoms with van der Waals surface area (Å²) in [6.45, 7) is 4.09. The fourth-order valence-corrected chi connectivity index (χ4v) is 2.47. The number of urea groups is 1. The topological polar surface area (TPSA) is 45.0 Å². The first-order valence-corrected chi connectivity index (χ1v) is 5.43. The smallest absolute Gasteiger partial charge is 0.314 e. The molecule has 0 aromatic carbocycles. The first-order chi connectivity index (χ1) is 6.70. The second kappa shape index (κ2) is 3.67. The number of amides is 2. The monoisotopic (exact) mass is 195 g/mol. The Kier molecular flexibility index (Phi) is 2.52. The molecule has 2 atom stereocenters. The van der Waals surface area contributed by atoms with E-state index in [0.717, 1.165) is 12.8 Å². The summed E-state index contributed by atoms with van der Waals surface area (Å²) in [5, 5.41) is 7.83. The van der Waals surface area contributed by atoms with Gasteiger partial charge in [0, 0.05) is 6.04 Å². The van der Waals surface area contributed by atoms with Crippen LogP contribution in [0.3, 0.4) is 0 Å². The fraction of sp³-hybridized carbons (Fsp3) is 0.900. The number of hydrogen-bond acceptors (Lipinski definition) is 2. The SMILES string of the molecule is CC(C)N1C(=O)N=NC2CCCCC21. The molecule has 2 amide bonds. The Morgan fingerprint density at radius 1 is 1.36 bits per heavy atom. The van der Waals surface area contributed by atoms with Gasteiger partial charge < -0.3 is 4.90 Å². The maximum Gasteiger partial charge on any atom is 0.362 e. The molecule has 0 bridgehead atoms. The fourth-order valence-electron chi connectivity index (χ4n) is 2.47. The van der Waals surface area contributed by atoms with Crippen LogP contribution in [0.15, 0.2) is 10.2 Å². The zero-order valence-corrected chi connectivity index (χ0v) is 8.81. The van der Waals surface area contributed by atoms with Gasteiger partial charge in [0.05, 0.1) is 12.1 Å². The second-order valence-corrected chi connectivity index (χ2v) is 4.42. The summed E-state index contributed by atoms with van der Waals surface area (Å²) in [5.41, 5.74) is 0. The molecule has 4 nitrogen and oxygen atoms in total. The average Bonchev–Trinajstić information content (AvgIpc) is 2.17. The lowest BCUT2D eigenvalue weighted by molar-refractivity contribution is 0.114. The van der Waals surface area contributed by atoms with Crippen LogP contribution in [0.1, 0.15) is 39.5 Å². The highest BCUT2D eigenvalue weighted by molar-refractivity contribution is 5.76. The standard InChI is InChI=1S/C10H17N3O/c1-7(2)13-9-6-4-3-5-8(9)11-12-10(13)14/h7-9H,3-6H2,1-2H3. The van der Waals surface area contributed by atoms with Crippen molar-refractivity contribution in [2.75, 3.05) is 0 Å². The Morgan fingerprint density at radius 2 is 2.07 bits per heavy atom. The number of azo groups is 1. The summed E-state index contributed by atoms with van der Waals surface area (Å²) in [6, 6.07) is 0.674.